The van der Waals surface area contributed by atoms with Crippen molar-refractivity contribution in [2.24, 2.45) is 0 Å². The van der Waals surface area contributed by atoms with E-state index in [1.807, 2.05) is 11.1 Å². The Morgan fingerprint density at radius 3 is 2.55 bits per heavy atom. The molecule has 9 nitrogen and oxygen atoms in total. The van der Waals surface area contributed by atoms with E-state index >= 15 is 0 Å². The van der Waals surface area contributed by atoms with Gasteiger partial charge in [-0.3, -0.25) is 14.6 Å². The number of carbonyl (C=O) groups is 1. The Labute approximate surface area is 179 Å². The molecule has 1 aliphatic heterocycles. The number of hydrogen-bond donors (Lipinski definition) is 2. The van der Waals surface area contributed by atoms with Crippen molar-refractivity contribution >= 4 is 43.5 Å². The van der Waals surface area contributed by atoms with Crippen molar-refractivity contribution in [3.63, 3.8) is 0 Å². The van der Waals surface area contributed by atoms with E-state index in [4.69, 9.17) is 10.00 Å². The molecule has 2 N–H and O–H groups in total. The van der Waals surface area contributed by atoms with Crippen LogP contribution in [0.1, 0.15) is 11.3 Å². The molecule has 4 rings (SSSR count). The first kappa shape index (κ1) is 19.1. The van der Waals surface area contributed by atoms with Gasteiger partial charge in [-0.25, -0.2) is 4.79 Å². The maximum atomic E-state index is 12.1. The van der Waals surface area contributed by atoms with Crippen LogP contribution in [0.4, 0.5) is 5.69 Å². The number of nitrogens with one attached hydrogen (secondary N) is 2. The van der Waals surface area contributed by atoms with E-state index in [0.29, 0.717) is 38.2 Å². The molecule has 0 saturated heterocycles. The number of carbonyl (C=O) groups excluding carboxylic acids is 1. The lowest BCUT2D eigenvalue weighted by Gasteiger charge is -2.13. The summed E-state index contributed by atoms with van der Waals surface area (Å²) >= 11 is 6.79. The van der Waals surface area contributed by atoms with Crippen LogP contribution < -0.4 is 21.3 Å². The monoisotopic (exact) mass is 517 g/mol. The largest absolute Gasteiger partial charge is 0.455 e. The van der Waals surface area contributed by atoms with Crippen LogP contribution in [0.15, 0.2) is 48.9 Å². The van der Waals surface area contributed by atoms with E-state index in [9.17, 15) is 14.4 Å². The Hall–Kier alpha value is -3.23. The number of aromatic nitrogens is 3. The van der Waals surface area contributed by atoms with E-state index in [0.717, 1.165) is 10.2 Å². The number of nitrogens with zero attached hydrogens (tertiary/aromatic N) is 3. The summed E-state index contributed by atoms with van der Waals surface area (Å²) in [4.78, 5) is 37.2. The minimum atomic E-state index is -0.851. The minimum Gasteiger partial charge on any atom is -0.455 e. The maximum Gasteiger partial charge on any atom is 0.349 e. The van der Waals surface area contributed by atoms with Gasteiger partial charge in [0.25, 0.3) is 5.56 Å². The second-order valence-corrected chi connectivity index (χ2v) is 7.72. The lowest BCUT2D eigenvalue weighted by Crippen LogP contribution is -2.33. The van der Waals surface area contributed by atoms with E-state index < -0.39 is 16.9 Å². The van der Waals surface area contributed by atoms with Gasteiger partial charge < -0.3 is 10.1 Å². The molecule has 0 bridgehead atoms. The predicted octanol–water partition coefficient (Wildman–Crippen LogP) is 2.60. The fourth-order valence-corrected chi connectivity index (χ4v) is 4.11. The van der Waals surface area contributed by atoms with Gasteiger partial charge in [0.15, 0.2) is 5.75 Å². The molecule has 3 aromatic rings. The average Bonchev–Trinajstić information content (AvgIpc) is 3.04. The lowest BCUT2D eigenvalue weighted by atomic mass is 10.1. The minimum absolute atomic E-state index is 0.0700. The van der Waals surface area contributed by atoms with Crippen LogP contribution in [0.25, 0.3) is 5.69 Å². The van der Waals surface area contributed by atoms with Crippen molar-refractivity contribution in [2.45, 2.75) is 6.42 Å². The summed E-state index contributed by atoms with van der Waals surface area (Å²) in [5.74, 6) is 0.863. The highest BCUT2D eigenvalue weighted by Gasteiger charge is 2.19. The van der Waals surface area contributed by atoms with Gasteiger partial charge in [-0.1, -0.05) is 6.07 Å². The Bertz CT molecular complexity index is 1320. The number of aromatic amines is 1. The van der Waals surface area contributed by atoms with Crippen LogP contribution in [0.2, 0.25) is 0 Å². The summed E-state index contributed by atoms with van der Waals surface area (Å²) in [7, 11) is 0. The molecule has 29 heavy (non-hydrogen) atoms. The van der Waals surface area contributed by atoms with Crippen molar-refractivity contribution < 1.29 is 9.53 Å². The number of anilines is 1. The SMILES string of the molecule is N#Cc1nn(-c2cc(Br)c(Oc3ccc4c(c3)NC(=O)C4)c(Br)c2)c(=O)[nH]c1=O. The Morgan fingerprint density at radius 2 is 1.86 bits per heavy atom. The molecule has 2 heterocycles. The highest BCUT2D eigenvalue weighted by Crippen LogP contribution is 2.39. The molecule has 144 valence electrons. The van der Waals surface area contributed by atoms with Crippen molar-refractivity contribution in [3.05, 3.63) is 71.4 Å². The Balaban J connectivity index is 1.71. The molecule has 0 unspecified atom stereocenters. The topological polar surface area (TPSA) is 130 Å². The standard InChI is InChI=1S/C18H9Br2N5O4/c19-11-4-9(25-18(28)23-17(27)14(7-21)24-25)5-12(20)16(11)29-10-2-1-8-3-15(26)22-13(8)6-10/h1-2,4-6H,3H2,(H,22,26)(H,23,27,28). The number of amides is 1. The molecule has 2 aromatic carbocycles. The Kier molecular flexibility index (Phi) is 4.81. The zero-order valence-corrected chi connectivity index (χ0v) is 17.5. The van der Waals surface area contributed by atoms with Gasteiger partial charge in [0.2, 0.25) is 11.6 Å². The molecule has 1 aromatic heterocycles. The molecular weight excluding hydrogens is 510 g/mol. The van der Waals surface area contributed by atoms with Gasteiger partial charge in [-0.15, -0.1) is 5.10 Å². The zero-order chi connectivity index (χ0) is 20.7. The number of H-pyrrole nitrogens is 1. The van der Waals surface area contributed by atoms with Crippen LogP contribution in [0, 0.1) is 11.3 Å². The first-order valence-electron chi connectivity index (χ1n) is 8.09. The fourth-order valence-electron chi connectivity index (χ4n) is 2.79. The fraction of sp³-hybridized carbons (Fsp3) is 0.0556. The first-order chi connectivity index (χ1) is 13.9. The van der Waals surface area contributed by atoms with Gasteiger partial charge in [0.05, 0.1) is 21.1 Å². The van der Waals surface area contributed by atoms with Gasteiger partial charge in [0, 0.05) is 11.8 Å². The smallest absolute Gasteiger partial charge is 0.349 e. The van der Waals surface area contributed by atoms with Crippen molar-refractivity contribution in [3.8, 4) is 23.3 Å². The lowest BCUT2D eigenvalue weighted by molar-refractivity contribution is -0.115. The van der Waals surface area contributed by atoms with Gasteiger partial charge in [-0.2, -0.15) is 9.94 Å². The third-order valence-electron chi connectivity index (χ3n) is 4.09. The molecule has 1 aliphatic rings. The van der Waals surface area contributed by atoms with Crippen molar-refractivity contribution in [2.75, 3.05) is 5.32 Å². The number of halogens is 2. The maximum absolute atomic E-state index is 12.1. The summed E-state index contributed by atoms with van der Waals surface area (Å²) in [5, 5.41) is 15.5. The number of benzene rings is 2. The summed E-state index contributed by atoms with van der Waals surface area (Å²) in [6, 6.07) is 10.0. The van der Waals surface area contributed by atoms with Crippen molar-refractivity contribution in [1.29, 1.82) is 5.26 Å². The van der Waals surface area contributed by atoms with E-state index in [-0.39, 0.29) is 5.91 Å². The quantitative estimate of drug-likeness (QED) is 0.548. The number of nitriles is 1. The van der Waals surface area contributed by atoms with Gasteiger partial charge in [-0.05, 0) is 55.6 Å². The van der Waals surface area contributed by atoms with Crippen LogP contribution >= 0.6 is 31.9 Å². The van der Waals surface area contributed by atoms with Crippen LogP contribution in [-0.2, 0) is 11.2 Å². The normalized spacial score (nSPS) is 12.2. The Morgan fingerprint density at radius 1 is 1.14 bits per heavy atom. The highest BCUT2D eigenvalue weighted by atomic mass is 79.9. The second-order valence-electron chi connectivity index (χ2n) is 6.02. The summed E-state index contributed by atoms with van der Waals surface area (Å²) in [5.41, 5.74) is -0.171. The number of hydrogen-bond acceptors (Lipinski definition) is 6. The second kappa shape index (κ2) is 7.31. The summed E-state index contributed by atoms with van der Waals surface area (Å²) in [6.07, 6.45) is 0.337. The summed E-state index contributed by atoms with van der Waals surface area (Å²) < 4.78 is 7.81. The molecular formula is C18H9Br2N5O4. The van der Waals surface area contributed by atoms with Crippen molar-refractivity contribution in [1.82, 2.24) is 14.8 Å². The van der Waals surface area contributed by atoms with E-state index in [1.165, 1.54) is 0 Å². The zero-order valence-electron chi connectivity index (χ0n) is 14.3. The first-order valence-corrected chi connectivity index (χ1v) is 9.68. The average molecular weight is 519 g/mol. The third-order valence-corrected chi connectivity index (χ3v) is 5.27. The summed E-state index contributed by atoms with van der Waals surface area (Å²) in [6.45, 7) is 0. The van der Waals surface area contributed by atoms with Crippen LogP contribution in [0.5, 0.6) is 11.5 Å². The predicted molar refractivity (Wildman–Crippen MR) is 109 cm³/mol. The molecule has 11 heteroatoms. The van der Waals surface area contributed by atoms with E-state index in [1.54, 1.807) is 30.3 Å². The molecule has 0 spiro atoms. The number of ether oxygens (including phenoxy) is 1. The van der Waals surface area contributed by atoms with Gasteiger partial charge in [0.1, 0.15) is 11.8 Å². The van der Waals surface area contributed by atoms with Gasteiger partial charge >= 0.3 is 5.69 Å². The molecule has 0 saturated carbocycles. The number of rotatable bonds is 3. The van der Waals surface area contributed by atoms with Crippen LogP contribution in [-0.4, -0.2) is 20.7 Å². The highest BCUT2D eigenvalue weighted by molar-refractivity contribution is 9.11. The molecule has 1 amide bonds. The molecule has 0 atom stereocenters. The third kappa shape index (κ3) is 3.59. The number of fused-ring (bicyclic) bond motifs is 1. The molecule has 0 radical (unpaired) electrons. The molecule has 0 fully saturated rings. The van der Waals surface area contributed by atoms with E-state index in [2.05, 4.69) is 42.3 Å². The van der Waals surface area contributed by atoms with Crippen LogP contribution in [0.3, 0.4) is 0 Å². The molecule has 0 aliphatic carbocycles.